The van der Waals surface area contributed by atoms with Gasteiger partial charge in [-0.25, -0.2) is 4.79 Å². The van der Waals surface area contributed by atoms with E-state index in [-0.39, 0.29) is 17.9 Å². The molecule has 1 aromatic carbocycles. The number of aromatic amines is 1. The molecule has 3 N–H and O–H groups in total. The Morgan fingerprint density at radius 2 is 2.12 bits per heavy atom. The fraction of sp³-hybridized carbons (Fsp3) is 0.125. The van der Waals surface area contributed by atoms with Gasteiger partial charge in [-0.15, -0.1) is 0 Å². The lowest BCUT2D eigenvalue weighted by atomic mass is 10.1. The van der Waals surface area contributed by atoms with Gasteiger partial charge in [0.2, 0.25) is 0 Å². The van der Waals surface area contributed by atoms with Crippen LogP contribution in [0.4, 0.5) is 0 Å². The van der Waals surface area contributed by atoms with Crippen LogP contribution in [-0.2, 0) is 9.53 Å². The van der Waals surface area contributed by atoms with E-state index in [1.807, 2.05) is 30.3 Å². The minimum absolute atomic E-state index is 0.153. The standard InChI is InChI=1S/C16H15N5O3/c1-2-24-16(23)12(9-17)10-18-21-15(22)14-8-13(19-20-14)11-6-4-3-5-7-11/h3-8,10,18H,2H2,1H3,(H,19,20)(H,21,22)/b12-10+. The van der Waals surface area contributed by atoms with Gasteiger partial charge in [0, 0.05) is 11.8 Å². The van der Waals surface area contributed by atoms with Gasteiger partial charge in [0.25, 0.3) is 5.91 Å². The Morgan fingerprint density at radius 3 is 2.79 bits per heavy atom. The number of esters is 1. The molecule has 0 atom stereocenters. The number of ether oxygens (including phenoxy) is 1. The molecule has 1 amide bonds. The molecule has 0 fully saturated rings. The molecule has 1 aromatic heterocycles. The molecule has 0 spiro atoms. The van der Waals surface area contributed by atoms with Gasteiger partial charge >= 0.3 is 5.97 Å². The van der Waals surface area contributed by atoms with Crippen LogP contribution in [0.3, 0.4) is 0 Å². The fourth-order valence-electron chi connectivity index (χ4n) is 1.78. The van der Waals surface area contributed by atoms with Crippen molar-refractivity contribution in [2.75, 3.05) is 6.61 Å². The number of rotatable bonds is 6. The topological polar surface area (TPSA) is 120 Å². The zero-order valence-electron chi connectivity index (χ0n) is 12.9. The maximum atomic E-state index is 12.0. The summed E-state index contributed by atoms with van der Waals surface area (Å²) >= 11 is 0. The smallest absolute Gasteiger partial charge is 0.350 e. The van der Waals surface area contributed by atoms with Crippen LogP contribution in [0.5, 0.6) is 0 Å². The van der Waals surface area contributed by atoms with Gasteiger partial charge in [-0.2, -0.15) is 10.4 Å². The zero-order valence-corrected chi connectivity index (χ0v) is 12.9. The third-order valence-corrected chi connectivity index (χ3v) is 2.91. The number of benzene rings is 1. The monoisotopic (exact) mass is 325 g/mol. The van der Waals surface area contributed by atoms with Gasteiger partial charge in [0.05, 0.1) is 12.3 Å². The average molecular weight is 325 g/mol. The minimum atomic E-state index is -0.769. The molecular weight excluding hydrogens is 310 g/mol. The highest BCUT2D eigenvalue weighted by Crippen LogP contribution is 2.16. The molecule has 0 bridgehead atoms. The summed E-state index contributed by atoms with van der Waals surface area (Å²) in [5.74, 6) is -1.27. The van der Waals surface area contributed by atoms with E-state index in [0.29, 0.717) is 5.69 Å². The molecule has 8 nitrogen and oxygen atoms in total. The van der Waals surface area contributed by atoms with Gasteiger partial charge in [-0.05, 0) is 13.0 Å². The van der Waals surface area contributed by atoms with E-state index in [1.54, 1.807) is 19.1 Å². The van der Waals surface area contributed by atoms with Crippen LogP contribution in [0, 0.1) is 11.3 Å². The summed E-state index contributed by atoms with van der Waals surface area (Å²) in [5.41, 5.74) is 6.18. The summed E-state index contributed by atoms with van der Waals surface area (Å²) < 4.78 is 4.69. The van der Waals surface area contributed by atoms with Crippen molar-refractivity contribution in [3.63, 3.8) is 0 Å². The van der Waals surface area contributed by atoms with Crippen LogP contribution in [0.2, 0.25) is 0 Å². The average Bonchev–Trinajstić information content (AvgIpc) is 3.09. The summed E-state index contributed by atoms with van der Waals surface area (Å²) in [7, 11) is 0. The number of hydrogen-bond acceptors (Lipinski definition) is 6. The Hall–Kier alpha value is -3.60. The fourth-order valence-corrected chi connectivity index (χ4v) is 1.78. The number of nitrogens with one attached hydrogen (secondary N) is 3. The summed E-state index contributed by atoms with van der Waals surface area (Å²) in [6.07, 6.45) is 1.06. The lowest BCUT2D eigenvalue weighted by Crippen LogP contribution is -2.34. The summed E-state index contributed by atoms with van der Waals surface area (Å²) in [4.78, 5) is 23.4. The van der Waals surface area contributed by atoms with Crippen LogP contribution in [0.25, 0.3) is 11.3 Å². The second-order valence-electron chi connectivity index (χ2n) is 4.52. The highest BCUT2D eigenvalue weighted by Gasteiger charge is 2.12. The van der Waals surface area contributed by atoms with Crippen molar-refractivity contribution in [2.45, 2.75) is 6.92 Å². The highest BCUT2D eigenvalue weighted by atomic mass is 16.5. The predicted octanol–water partition coefficient (Wildman–Crippen LogP) is 1.28. The van der Waals surface area contributed by atoms with Crippen molar-refractivity contribution < 1.29 is 14.3 Å². The molecule has 2 rings (SSSR count). The van der Waals surface area contributed by atoms with E-state index in [0.717, 1.165) is 11.8 Å². The molecule has 0 saturated heterocycles. The minimum Gasteiger partial charge on any atom is -0.462 e. The molecule has 0 aliphatic carbocycles. The van der Waals surface area contributed by atoms with E-state index in [4.69, 9.17) is 10.00 Å². The first-order valence-corrected chi connectivity index (χ1v) is 7.09. The maximum Gasteiger partial charge on any atom is 0.350 e. The Morgan fingerprint density at radius 1 is 1.38 bits per heavy atom. The molecule has 1 heterocycles. The van der Waals surface area contributed by atoms with Gasteiger partial charge in [-0.3, -0.25) is 15.3 Å². The molecule has 0 radical (unpaired) electrons. The molecule has 0 unspecified atom stereocenters. The second-order valence-corrected chi connectivity index (χ2v) is 4.52. The Bertz CT molecular complexity index is 790. The molecule has 2 aromatic rings. The largest absolute Gasteiger partial charge is 0.462 e. The summed E-state index contributed by atoms with van der Waals surface area (Å²) in [6, 6.07) is 12.6. The Balaban J connectivity index is 1.97. The number of amides is 1. The van der Waals surface area contributed by atoms with E-state index in [9.17, 15) is 9.59 Å². The number of nitriles is 1. The number of hydrogen-bond donors (Lipinski definition) is 3. The normalized spacial score (nSPS) is 10.6. The number of carbonyl (C=O) groups excluding carboxylic acids is 2. The van der Waals surface area contributed by atoms with Crippen LogP contribution >= 0.6 is 0 Å². The van der Waals surface area contributed by atoms with Gasteiger partial charge in [-0.1, -0.05) is 30.3 Å². The molecule has 8 heteroatoms. The van der Waals surface area contributed by atoms with Crippen LogP contribution in [-0.4, -0.2) is 28.7 Å². The number of carbonyl (C=O) groups is 2. The lowest BCUT2D eigenvalue weighted by Gasteiger charge is -2.03. The maximum absolute atomic E-state index is 12.0. The van der Waals surface area contributed by atoms with Gasteiger partial charge in [0.1, 0.15) is 11.8 Å². The first kappa shape index (κ1) is 16.8. The quantitative estimate of drug-likeness (QED) is 0.318. The van der Waals surface area contributed by atoms with Crippen LogP contribution in [0.1, 0.15) is 17.4 Å². The SMILES string of the molecule is CCOC(=O)/C(C#N)=C/NNC(=O)c1cc(-c2ccccc2)n[nH]1. The van der Waals surface area contributed by atoms with E-state index >= 15 is 0 Å². The van der Waals surface area contributed by atoms with Crippen molar-refractivity contribution >= 4 is 11.9 Å². The lowest BCUT2D eigenvalue weighted by molar-refractivity contribution is -0.138. The van der Waals surface area contributed by atoms with E-state index < -0.39 is 11.9 Å². The molecule has 0 aliphatic rings. The van der Waals surface area contributed by atoms with Crippen LogP contribution in [0.15, 0.2) is 48.2 Å². The van der Waals surface area contributed by atoms with Gasteiger partial charge < -0.3 is 10.2 Å². The Kier molecular flexibility index (Phi) is 5.69. The third kappa shape index (κ3) is 4.20. The molecule has 0 aliphatic heterocycles. The number of H-pyrrole nitrogens is 1. The van der Waals surface area contributed by atoms with E-state index in [1.165, 1.54) is 0 Å². The predicted molar refractivity (Wildman–Crippen MR) is 85.0 cm³/mol. The van der Waals surface area contributed by atoms with Crippen LogP contribution < -0.4 is 10.9 Å². The first-order chi connectivity index (χ1) is 11.7. The van der Waals surface area contributed by atoms with Crippen molar-refractivity contribution in [1.29, 1.82) is 5.26 Å². The molecular formula is C16H15N5O3. The number of aromatic nitrogens is 2. The molecule has 24 heavy (non-hydrogen) atoms. The third-order valence-electron chi connectivity index (χ3n) is 2.91. The molecule has 0 saturated carbocycles. The summed E-state index contributed by atoms with van der Waals surface area (Å²) in [6.45, 7) is 1.78. The van der Waals surface area contributed by atoms with Crippen molar-refractivity contribution in [3.05, 3.63) is 53.9 Å². The van der Waals surface area contributed by atoms with Gasteiger partial charge in [0.15, 0.2) is 5.57 Å². The number of hydrazine groups is 1. The first-order valence-electron chi connectivity index (χ1n) is 7.09. The van der Waals surface area contributed by atoms with Crippen molar-refractivity contribution in [1.82, 2.24) is 21.0 Å². The molecule has 122 valence electrons. The second kappa shape index (κ2) is 8.14. The Labute approximate surface area is 138 Å². The van der Waals surface area contributed by atoms with Crippen molar-refractivity contribution in [2.24, 2.45) is 0 Å². The van der Waals surface area contributed by atoms with E-state index in [2.05, 4.69) is 21.0 Å². The number of nitrogens with zero attached hydrogens (tertiary/aromatic N) is 2. The zero-order chi connectivity index (χ0) is 17.4. The van der Waals surface area contributed by atoms with Crippen molar-refractivity contribution in [3.8, 4) is 17.3 Å². The summed E-state index contributed by atoms with van der Waals surface area (Å²) in [5, 5.41) is 15.5. The highest BCUT2D eigenvalue weighted by molar-refractivity contribution is 5.94.